The van der Waals surface area contributed by atoms with Crippen LogP contribution in [0.3, 0.4) is 0 Å². The minimum atomic E-state index is 0.00909. The van der Waals surface area contributed by atoms with E-state index in [4.69, 9.17) is 5.11 Å². The Morgan fingerprint density at radius 3 is 3.06 bits per heavy atom. The molecule has 0 unspecified atom stereocenters. The number of imidazole rings is 1. The van der Waals surface area contributed by atoms with E-state index in [0.29, 0.717) is 0 Å². The first kappa shape index (κ1) is 9.81. The predicted octanol–water partition coefficient (Wildman–Crippen LogP) is 2.62. The lowest BCUT2D eigenvalue weighted by molar-refractivity contribution is 0.277. The van der Waals surface area contributed by atoms with E-state index >= 15 is 0 Å². The summed E-state index contributed by atoms with van der Waals surface area (Å²) in [6.45, 7) is 0.00909. The summed E-state index contributed by atoms with van der Waals surface area (Å²) in [5.41, 5.74) is 2.11. The fourth-order valence-electron chi connectivity index (χ4n) is 1.88. The molecule has 82 valence electrons. The molecule has 0 amide bonds. The third-order valence-corrected chi connectivity index (χ3v) is 3.77. The van der Waals surface area contributed by atoms with Crippen LogP contribution in [-0.4, -0.2) is 14.5 Å². The molecular weight excluding hydrogens is 220 g/mol. The number of hydrogen-bond acceptors (Lipinski definition) is 3. The van der Waals surface area contributed by atoms with Gasteiger partial charge < -0.3 is 5.11 Å². The molecule has 0 radical (unpaired) electrons. The van der Waals surface area contributed by atoms with Crippen LogP contribution in [0.25, 0.3) is 10.5 Å². The van der Waals surface area contributed by atoms with E-state index in [1.165, 1.54) is 10.5 Å². The smallest absolute Gasteiger partial charge is 0.194 e. The molecule has 2 heterocycles. The van der Waals surface area contributed by atoms with Gasteiger partial charge in [-0.15, -0.1) is 0 Å². The standard InChI is InChI=1S/C12H12N2OS/c15-8-10-6-14-7-11(16-12(14)13-10)9-4-2-1-3-5-9/h1-2,4,6-7,15H,3,5,8H2. The molecule has 4 heteroatoms. The predicted molar refractivity (Wildman–Crippen MR) is 65.3 cm³/mol. The average molecular weight is 232 g/mol. The first-order valence-corrected chi connectivity index (χ1v) is 6.13. The van der Waals surface area contributed by atoms with Crippen molar-refractivity contribution in [2.75, 3.05) is 0 Å². The SMILES string of the molecule is OCc1cn2cc(C3=CC=CCC3)sc2n1. The van der Waals surface area contributed by atoms with E-state index in [9.17, 15) is 0 Å². The van der Waals surface area contributed by atoms with Crippen molar-refractivity contribution in [2.24, 2.45) is 0 Å². The Hall–Kier alpha value is -1.39. The molecule has 3 nitrogen and oxygen atoms in total. The Morgan fingerprint density at radius 2 is 2.38 bits per heavy atom. The van der Waals surface area contributed by atoms with Gasteiger partial charge in [-0.05, 0) is 18.4 Å². The van der Waals surface area contributed by atoms with Crippen molar-refractivity contribution in [1.82, 2.24) is 9.38 Å². The molecule has 2 aromatic heterocycles. The Kier molecular flexibility index (Phi) is 2.38. The van der Waals surface area contributed by atoms with Gasteiger partial charge in [0, 0.05) is 12.4 Å². The van der Waals surface area contributed by atoms with Gasteiger partial charge >= 0.3 is 0 Å². The van der Waals surface area contributed by atoms with Gasteiger partial charge in [-0.25, -0.2) is 4.98 Å². The number of fused-ring (bicyclic) bond motifs is 1. The van der Waals surface area contributed by atoms with Crippen molar-refractivity contribution in [1.29, 1.82) is 0 Å². The van der Waals surface area contributed by atoms with Crippen LogP contribution in [0.15, 0.2) is 30.6 Å². The molecule has 0 saturated heterocycles. The van der Waals surface area contributed by atoms with Gasteiger partial charge in [-0.2, -0.15) is 0 Å². The summed E-state index contributed by atoms with van der Waals surface area (Å²) in [5.74, 6) is 0. The van der Waals surface area contributed by atoms with E-state index in [2.05, 4.69) is 29.4 Å². The number of rotatable bonds is 2. The van der Waals surface area contributed by atoms with Crippen molar-refractivity contribution in [3.05, 3.63) is 41.2 Å². The number of aliphatic hydroxyl groups is 1. The molecule has 0 aromatic carbocycles. The molecule has 2 aromatic rings. The second kappa shape index (κ2) is 3.88. The van der Waals surface area contributed by atoms with Gasteiger partial charge in [0.05, 0.1) is 17.2 Å². The topological polar surface area (TPSA) is 37.5 Å². The van der Waals surface area contributed by atoms with Crippen molar-refractivity contribution in [3.8, 4) is 0 Å². The van der Waals surface area contributed by atoms with Crippen LogP contribution in [0.4, 0.5) is 0 Å². The van der Waals surface area contributed by atoms with Crippen LogP contribution in [0.2, 0.25) is 0 Å². The normalized spacial score (nSPS) is 15.7. The molecule has 1 N–H and O–H groups in total. The van der Waals surface area contributed by atoms with Gasteiger partial charge in [0.1, 0.15) is 0 Å². The Labute approximate surface area is 97.4 Å². The number of nitrogens with zero attached hydrogens (tertiary/aromatic N) is 2. The van der Waals surface area contributed by atoms with Crippen LogP contribution in [0.1, 0.15) is 23.4 Å². The van der Waals surface area contributed by atoms with Gasteiger partial charge in [-0.3, -0.25) is 4.40 Å². The van der Waals surface area contributed by atoms with Crippen LogP contribution < -0.4 is 0 Å². The van der Waals surface area contributed by atoms with Crippen LogP contribution in [0.5, 0.6) is 0 Å². The molecule has 0 saturated carbocycles. The number of aromatic nitrogens is 2. The Bertz CT molecular complexity index is 545. The summed E-state index contributed by atoms with van der Waals surface area (Å²) in [5, 5.41) is 8.98. The largest absolute Gasteiger partial charge is 0.390 e. The molecule has 0 bridgehead atoms. The zero-order valence-corrected chi connectivity index (χ0v) is 9.57. The quantitative estimate of drug-likeness (QED) is 0.864. The lowest BCUT2D eigenvalue weighted by atomic mass is 10.0. The molecule has 1 aliphatic carbocycles. The highest BCUT2D eigenvalue weighted by atomic mass is 32.1. The second-order valence-electron chi connectivity index (χ2n) is 3.83. The maximum Gasteiger partial charge on any atom is 0.194 e. The summed E-state index contributed by atoms with van der Waals surface area (Å²) in [6.07, 6.45) is 12.7. The zero-order chi connectivity index (χ0) is 11.0. The monoisotopic (exact) mass is 232 g/mol. The highest BCUT2D eigenvalue weighted by Gasteiger charge is 2.09. The van der Waals surface area contributed by atoms with Crippen LogP contribution in [-0.2, 0) is 6.61 Å². The Balaban J connectivity index is 2.02. The fourth-order valence-corrected chi connectivity index (χ4v) is 2.91. The van der Waals surface area contributed by atoms with Crippen molar-refractivity contribution < 1.29 is 5.11 Å². The van der Waals surface area contributed by atoms with Crippen molar-refractivity contribution in [2.45, 2.75) is 19.4 Å². The number of hydrogen-bond donors (Lipinski definition) is 1. The van der Waals surface area contributed by atoms with E-state index in [0.717, 1.165) is 23.5 Å². The van der Waals surface area contributed by atoms with E-state index in [-0.39, 0.29) is 6.61 Å². The number of thiazole rings is 1. The van der Waals surface area contributed by atoms with Gasteiger partial charge in [0.15, 0.2) is 4.96 Å². The lowest BCUT2D eigenvalue weighted by Gasteiger charge is -2.04. The lowest BCUT2D eigenvalue weighted by Crippen LogP contribution is -1.85. The molecule has 0 aliphatic heterocycles. The maximum absolute atomic E-state index is 8.98. The first-order chi connectivity index (χ1) is 7.86. The fraction of sp³-hybridized carbons (Fsp3) is 0.250. The average Bonchev–Trinajstić information content (AvgIpc) is 2.87. The molecule has 0 fully saturated rings. The van der Waals surface area contributed by atoms with E-state index in [1.807, 2.05) is 10.6 Å². The highest BCUT2D eigenvalue weighted by molar-refractivity contribution is 7.18. The summed E-state index contributed by atoms with van der Waals surface area (Å²) >= 11 is 1.68. The van der Waals surface area contributed by atoms with Gasteiger partial charge in [0.25, 0.3) is 0 Å². The third-order valence-electron chi connectivity index (χ3n) is 2.70. The van der Waals surface area contributed by atoms with E-state index in [1.54, 1.807) is 11.3 Å². The van der Waals surface area contributed by atoms with Crippen molar-refractivity contribution in [3.63, 3.8) is 0 Å². The van der Waals surface area contributed by atoms with Crippen LogP contribution in [0, 0.1) is 0 Å². The highest BCUT2D eigenvalue weighted by Crippen LogP contribution is 2.29. The first-order valence-electron chi connectivity index (χ1n) is 5.31. The summed E-state index contributed by atoms with van der Waals surface area (Å²) in [7, 11) is 0. The number of aliphatic hydroxyl groups excluding tert-OH is 1. The molecule has 1 aliphatic rings. The molecule has 3 rings (SSSR count). The maximum atomic E-state index is 8.98. The molecular formula is C12H12N2OS. The minimum Gasteiger partial charge on any atom is -0.390 e. The molecule has 0 atom stereocenters. The summed E-state index contributed by atoms with van der Waals surface area (Å²) in [4.78, 5) is 6.56. The summed E-state index contributed by atoms with van der Waals surface area (Å²) < 4.78 is 1.99. The molecule has 16 heavy (non-hydrogen) atoms. The minimum absolute atomic E-state index is 0.00909. The van der Waals surface area contributed by atoms with Crippen LogP contribution >= 0.6 is 11.3 Å². The van der Waals surface area contributed by atoms with Gasteiger partial charge in [0.2, 0.25) is 0 Å². The van der Waals surface area contributed by atoms with E-state index < -0.39 is 0 Å². The van der Waals surface area contributed by atoms with Crippen molar-refractivity contribution >= 4 is 21.9 Å². The van der Waals surface area contributed by atoms with Gasteiger partial charge in [-0.1, -0.05) is 29.6 Å². The number of allylic oxidation sites excluding steroid dienone is 4. The second-order valence-corrected chi connectivity index (χ2v) is 4.84. The molecule has 0 spiro atoms. The third kappa shape index (κ3) is 1.60. The Morgan fingerprint density at radius 1 is 1.44 bits per heavy atom. The zero-order valence-electron chi connectivity index (χ0n) is 8.76. The summed E-state index contributed by atoms with van der Waals surface area (Å²) in [6, 6.07) is 0.